The lowest BCUT2D eigenvalue weighted by Crippen LogP contribution is -2.04. The van der Waals surface area contributed by atoms with Crippen LogP contribution in [0.4, 0.5) is 0 Å². The van der Waals surface area contributed by atoms with Crippen molar-refractivity contribution in [1.82, 2.24) is 0 Å². The van der Waals surface area contributed by atoms with E-state index in [1.807, 2.05) is 0 Å². The van der Waals surface area contributed by atoms with Gasteiger partial charge in [-0.3, -0.25) is 0 Å². The molecule has 0 radical (unpaired) electrons. The summed E-state index contributed by atoms with van der Waals surface area (Å²) in [5.74, 6) is 0.409. The first-order chi connectivity index (χ1) is 7.72. The predicted octanol–water partition coefficient (Wildman–Crippen LogP) is 0.941. The fraction of sp³-hybridized carbons (Fsp3) is 0.545. The lowest BCUT2D eigenvalue weighted by Gasteiger charge is -2.03. The SMILES string of the molecule is COCCOCCCc1cc(O)cc(=O)o1. The Balaban J connectivity index is 2.24. The number of hydrogen-bond acceptors (Lipinski definition) is 5. The minimum atomic E-state index is -0.532. The average molecular weight is 228 g/mol. The molecule has 16 heavy (non-hydrogen) atoms. The number of rotatable bonds is 7. The van der Waals surface area contributed by atoms with Crippen molar-refractivity contribution in [3.63, 3.8) is 0 Å². The Bertz CT molecular complexity index is 358. The van der Waals surface area contributed by atoms with Crippen molar-refractivity contribution in [3.05, 3.63) is 28.3 Å². The van der Waals surface area contributed by atoms with E-state index >= 15 is 0 Å². The molecule has 0 amide bonds. The molecule has 0 unspecified atom stereocenters. The van der Waals surface area contributed by atoms with E-state index in [-0.39, 0.29) is 5.75 Å². The minimum Gasteiger partial charge on any atom is -0.508 e. The van der Waals surface area contributed by atoms with E-state index in [9.17, 15) is 4.79 Å². The molecule has 0 saturated carbocycles. The molecule has 0 aromatic carbocycles. The van der Waals surface area contributed by atoms with Gasteiger partial charge in [0.15, 0.2) is 0 Å². The second-order valence-electron chi connectivity index (χ2n) is 3.31. The Morgan fingerprint density at radius 3 is 2.81 bits per heavy atom. The number of methoxy groups -OCH3 is 1. The van der Waals surface area contributed by atoms with E-state index in [0.717, 1.165) is 12.5 Å². The molecular formula is C11H16O5. The van der Waals surface area contributed by atoms with Crippen LogP contribution in [-0.2, 0) is 15.9 Å². The van der Waals surface area contributed by atoms with Crippen molar-refractivity contribution in [2.45, 2.75) is 12.8 Å². The highest BCUT2D eigenvalue weighted by molar-refractivity contribution is 5.18. The maximum absolute atomic E-state index is 10.9. The molecule has 0 aliphatic heterocycles. The van der Waals surface area contributed by atoms with E-state index in [1.165, 1.54) is 6.07 Å². The summed E-state index contributed by atoms with van der Waals surface area (Å²) in [6, 6.07) is 2.48. The van der Waals surface area contributed by atoms with Crippen molar-refractivity contribution in [2.24, 2.45) is 0 Å². The van der Waals surface area contributed by atoms with Crippen LogP contribution < -0.4 is 5.63 Å². The first-order valence-corrected chi connectivity index (χ1v) is 5.12. The first kappa shape index (κ1) is 12.7. The maximum Gasteiger partial charge on any atom is 0.339 e. The van der Waals surface area contributed by atoms with Crippen LogP contribution in [-0.4, -0.2) is 32.0 Å². The lowest BCUT2D eigenvalue weighted by atomic mass is 10.2. The van der Waals surface area contributed by atoms with E-state index in [0.29, 0.717) is 32.0 Å². The molecule has 0 saturated heterocycles. The monoisotopic (exact) mass is 228 g/mol. The minimum absolute atomic E-state index is 0.0634. The van der Waals surface area contributed by atoms with Gasteiger partial charge in [0.2, 0.25) is 0 Å². The van der Waals surface area contributed by atoms with Gasteiger partial charge < -0.3 is 19.0 Å². The van der Waals surface area contributed by atoms with Gasteiger partial charge in [0.1, 0.15) is 11.5 Å². The molecule has 0 atom stereocenters. The van der Waals surface area contributed by atoms with Gasteiger partial charge >= 0.3 is 5.63 Å². The molecule has 1 aromatic heterocycles. The molecule has 0 fully saturated rings. The summed E-state index contributed by atoms with van der Waals surface area (Å²) < 4.78 is 15.0. The smallest absolute Gasteiger partial charge is 0.339 e. The molecule has 1 N–H and O–H groups in total. The molecule has 0 aliphatic carbocycles. The standard InChI is InChI=1S/C11H16O5/c1-14-5-6-15-4-2-3-10-7-9(12)8-11(13)16-10/h7-8,12H,2-6H2,1H3. The van der Waals surface area contributed by atoms with Gasteiger partial charge in [-0.15, -0.1) is 0 Å². The molecule has 1 heterocycles. The molecule has 0 bridgehead atoms. The normalized spacial score (nSPS) is 10.6. The molecule has 5 nitrogen and oxygen atoms in total. The highest BCUT2D eigenvalue weighted by Gasteiger charge is 2.00. The van der Waals surface area contributed by atoms with Gasteiger partial charge in [0.25, 0.3) is 0 Å². The van der Waals surface area contributed by atoms with Crippen LogP contribution >= 0.6 is 0 Å². The van der Waals surface area contributed by atoms with E-state index in [2.05, 4.69) is 0 Å². The van der Waals surface area contributed by atoms with Gasteiger partial charge in [0.05, 0.1) is 19.3 Å². The van der Waals surface area contributed by atoms with Gasteiger partial charge in [-0.05, 0) is 6.42 Å². The van der Waals surface area contributed by atoms with Crippen molar-refractivity contribution < 1.29 is 19.0 Å². The number of aromatic hydroxyl groups is 1. The number of ether oxygens (including phenoxy) is 2. The molecule has 1 rings (SSSR count). The summed E-state index contributed by atoms with van der Waals surface area (Å²) in [6.07, 6.45) is 1.30. The Kier molecular flexibility index (Phi) is 5.60. The fourth-order valence-corrected chi connectivity index (χ4v) is 1.23. The predicted molar refractivity (Wildman–Crippen MR) is 57.7 cm³/mol. The van der Waals surface area contributed by atoms with Crippen LogP contribution in [0.3, 0.4) is 0 Å². The largest absolute Gasteiger partial charge is 0.508 e. The van der Waals surface area contributed by atoms with Crippen molar-refractivity contribution in [2.75, 3.05) is 26.9 Å². The second kappa shape index (κ2) is 7.03. The van der Waals surface area contributed by atoms with E-state index < -0.39 is 5.63 Å². The summed E-state index contributed by atoms with van der Waals surface area (Å²) in [4.78, 5) is 10.9. The number of aryl methyl sites for hydroxylation is 1. The third-order valence-corrected chi connectivity index (χ3v) is 1.95. The van der Waals surface area contributed by atoms with Gasteiger partial charge in [0, 0.05) is 26.2 Å². The third-order valence-electron chi connectivity index (χ3n) is 1.95. The quantitative estimate of drug-likeness (QED) is 0.703. The third kappa shape index (κ3) is 4.95. The zero-order valence-corrected chi connectivity index (χ0v) is 9.27. The van der Waals surface area contributed by atoms with Crippen LogP contribution in [0.5, 0.6) is 5.75 Å². The van der Waals surface area contributed by atoms with Crippen molar-refractivity contribution in [1.29, 1.82) is 0 Å². The molecule has 1 aromatic rings. The van der Waals surface area contributed by atoms with E-state index in [4.69, 9.17) is 19.0 Å². The summed E-state index contributed by atoms with van der Waals surface area (Å²) in [7, 11) is 1.62. The average Bonchev–Trinajstić information content (AvgIpc) is 2.22. The van der Waals surface area contributed by atoms with Crippen LogP contribution in [0.25, 0.3) is 0 Å². The lowest BCUT2D eigenvalue weighted by molar-refractivity contribution is 0.0690. The summed E-state index contributed by atoms with van der Waals surface area (Å²) in [6.45, 7) is 1.70. The Morgan fingerprint density at radius 1 is 1.31 bits per heavy atom. The molecule has 0 aliphatic rings. The van der Waals surface area contributed by atoms with Crippen molar-refractivity contribution in [3.8, 4) is 5.75 Å². The fourth-order valence-electron chi connectivity index (χ4n) is 1.23. The summed E-state index contributed by atoms with van der Waals surface area (Å²) in [5.41, 5.74) is -0.532. The highest BCUT2D eigenvalue weighted by Crippen LogP contribution is 2.09. The molecule has 5 heteroatoms. The zero-order chi connectivity index (χ0) is 11.8. The Labute approximate surface area is 93.6 Å². The summed E-state index contributed by atoms with van der Waals surface area (Å²) in [5, 5.41) is 9.16. The van der Waals surface area contributed by atoms with Crippen LogP contribution in [0.1, 0.15) is 12.2 Å². The topological polar surface area (TPSA) is 68.9 Å². The van der Waals surface area contributed by atoms with Gasteiger partial charge in [-0.2, -0.15) is 0 Å². The number of hydrogen-bond donors (Lipinski definition) is 1. The van der Waals surface area contributed by atoms with E-state index in [1.54, 1.807) is 7.11 Å². The molecule has 0 spiro atoms. The van der Waals surface area contributed by atoms with Crippen molar-refractivity contribution >= 4 is 0 Å². The zero-order valence-electron chi connectivity index (χ0n) is 9.27. The van der Waals surface area contributed by atoms with Gasteiger partial charge in [-0.1, -0.05) is 0 Å². The molecule has 90 valence electrons. The van der Waals surface area contributed by atoms with Crippen LogP contribution in [0, 0.1) is 0 Å². The van der Waals surface area contributed by atoms with Gasteiger partial charge in [-0.25, -0.2) is 4.79 Å². The van der Waals surface area contributed by atoms with Crippen LogP contribution in [0.2, 0.25) is 0 Å². The maximum atomic E-state index is 10.9. The molecular weight excluding hydrogens is 212 g/mol. The summed E-state index contributed by atoms with van der Waals surface area (Å²) >= 11 is 0. The Morgan fingerprint density at radius 2 is 2.12 bits per heavy atom. The second-order valence-corrected chi connectivity index (χ2v) is 3.31. The Hall–Kier alpha value is -1.33. The first-order valence-electron chi connectivity index (χ1n) is 5.12. The van der Waals surface area contributed by atoms with Crippen LogP contribution in [0.15, 0.2) is 21.3 Å². The highest BCUT2D eigenvalue weighted by atomic mass is 16.5.